The summed E-state index contributed by atoms with van der Waals surface area (Å²) in [5.74, 6) is -0.422. The number of carbonyl (C=O) groups excluding carboxylic acids is 1. The maximum atomic E-state index is 12.6. The Morgan fingerprint density at radius 2 is 1.93 bits per heavy atom. The summed E-state index contributed by atoms with van der Waals surface area (Å²) >= 11 is 0. The van der Waals surface area contributed by atoms with Gasteiger partial charge in [-0.25, -0.2) is 21.6 Å². The molecule has 0 aromatic heterocycles. The van der Waals surface area contributed by atoms with Gasteiger partial charge in [0.25, 0.3) is 0 Å². The predicted molar refractivity (Wildman–Crippen MR) is 102 cm³/mol. The first-order chi connectivity index (χ1) is 12.7. The Hall–Kier alpha value is -1.49. The summed E-state index contributed by atoms with van der Waals surface area (Å²) in [7, 11) is -7.09. The molecular formula is C17H25N3O5S2. The second-order valence-corrected chi connectivity index (χ2v) is 10.8. The third-order valence-corrected chi connectivity index (χ3v) is 8.23. The van der Waals surface area contributed by atoms with E-state index in [2.05, 4.69) is 10.0 Å². The van der Waals surface area contributed by atoms with E-state index in [0.29, 0.717) is 31.5 Å². The van der Waals surface area contributed by atoms with Crippen LogP contribution >= 0.6 is 0 Å². The Kier molecular flexibility index (Phi) is 5.90. The molecule has 0 spiro atoms. The van der Waals surface area contributed by atoms with Gasteiger partial charge in [0.15, 0.2) is 0 Å². The Balaban J connectivity index is 1.73. The van der Waals surface area contributed by atoms with E-state index in [-0.39, 0.29) is 16.7 Å². The maximum Gasteiger partial charge on any atom is 0.242 e. The molecule has 150 valence electrons. The molecule has 2 aliphatic rings. The highest BCUT2D eigenvalue weighted by Crippen LogP contribution is 2.25. The molecule has 0 bridgehead atoms. The molecule has 1 heterocycles. The van der Waals surface area contributed by atoms with Crippen molar-refractivity contribution in [3.05, 3.63) is 24.3 Å². The maximum absolute atomic E-state index is 12.6. The first-order valence-corrected chi connectivity index (χ1v) is 12.2. The lowest BCUT2D eigenvalue weighted by molar-refractivity contribution is -0.119. The third-order valence-electron chi connectivity index (χ3n) is 4.64. The topological polar surface area (TPSA) is 113 Å². The van der Waals surface area contributed by atoms with Crippen LogP contribution < -0.4 is 10.0 Å². The van der Waals surface area contributed by atoms with Crippen LogP contribution in [0.4, 0.5) is 5.69 Å². The Morgan fingerprint density at radius 3 is 2.59 bits per heavy atom. The summed E-state index contributed by atoms with van der Waals surface area (Å²) in [6.07, 6.45) is 3.23. The quantitative estimate of drug-likeness (QED) is 0.664. The van der Waals surface area contributed by atoms with Crippen molar-refractivity contribution in [1.82, 2.24) is 9.03 Å². The SMILES string of the molecule is CCCS(=O)(=O)N1CCCC1C(=O)Nc1cccc(S(=O)(=O)NC2CC2)c1. The number of anilines is 1. The number of hydrogen-bond donors (Lipinski definition) is 2. The lowest BCUT2D eigenvalue weighted by Gasteiger charge is -2.23. The standard InChI is InChI=1S/C17H25N3O5S2/c1-2-11-26(22,23)20-10-4-7-16(20)17(21)18-14-5-3-6-15(12-14)27(24,25)19-13-8-9-13/h3,5-6,12-13,16,19H,2,4,7-11H2,1H3,(H,18,21). The van der Waals surface area contributed by atoms with Gasteiger partial charge in [-0.15, -0.1) is 0 Å². The first-order valence-electron chi connectivity index (χ1n) is 9.16. The van der Waals surface area contributed by atoms with E-state index in [1.807, 2.05) is 0 Å². The number of sulfonamides is 2. The minimum atomic E-state index is -3.62. The fourth-order valence-electron chi connectivity index (χ4n) is 3.17. The molecule has 1 aliphatic carbocycles. The summed E-state index contributed by atoms with van der Waals surface area (Å²) in [6, 6.07) is 5.23. The number of carbonyl (C=O) groups is 1. The number of rotatable bonds is 8. The summed E-state index contributed by atoms with van der Waals surface area (Å²) in [4.78, 5) is 12.7. The van der Waals surface area contributed by atoms with Crippen molar-refractivity contribution < 1.29 is 21.6 Å². The van der Waals surface area contributed by atoms with Crippen LogP contribution in [0.1, 0.15) is 39.0 Å². The zero-order valence-electron chi connectivity index (χ0n) is 15.2. The van der Waals surface area contributed by atoms with Crippen molar-refractivity contribution in [3.8, 4) is 0 Å². The minimum absolute atomic E-state index is 0.0101. The Bertz CT molecular complexity index is 910. The molecule has 1 saturated heterocycles. The molecule has 1 atom stereocenters. The van der Waals surface area contributed by atoms with Gasteiger partial charge in [-0.2, -0.15) is 4.31 Å². The Morgan fingerprint density at radius 1 is 1.19 bits per heavy atom. The van der Waals surface area contributed by atoms with Crippen LogP contribution in [-0.4, -0.2) is 51.4 Å². The van der Waals surface area contributed by atoms with E-state index in [4.69, 9.17) is 0 Å². The fraction of sp³-hybridized carbons (Fsp3) is 0.588. The largest absolute Gasteiger partial charge is 0.325 e. The van der Waals surface area contributed by atoms with Gasteiger partial charge in [0.05, 0.1) is 10.6 Å². The van der Waals surface area contributed by atoms with E-state index in [9.17, 15) is 21.6 Å². The van der Waals surface area contributed by atoms with Crippen LogP contribution in [-0.2, 0) is 24.8 Å². The van der Waals surface area contributed by atoms with E-state index >= 15 is 0 Å². The van der Waals surface area contributed by atoms with Crippen molar-refractivity contribution in [3.63, 3.8) is 0 Å². The number of nitrogens with zero attached hydrogens (tertiary/aromatic N) is 1. The molecule has 1 saturated carbocycles. The molecule has 1 aliphatic heterocycles. The van der Waals surface area contributed by atoms with Gasteiger partial charge in [-0.1, -0.05) is 13.0 Å². The number of benzene rings is 1. The molecule has 1 aromatic carbocycles. The van der Waals surface area contributed by atoms with Crippen LogP contribution in [0, 0.1) is 0 Å². The molecule has 2 fully saturated rings. The van der Waals surface area contributed by atoms with E-state index in [0.717, 1.165) is 12.8 Å². The molecule has 2 N–H and O–H groups in total. The summed E-state index contributed by atoms with van der Waals surface area (Å²) < 4.78 is 53.2. The fourth-order valence-corrected chi connectivity index (χ4v) is 6.26. The normalized spacial score (nSPS) is 21.3. The van der Waals surface area contributed by atoms with Gasteiger partial charge in [0.1, 0.15) is 6.04 Å². The minimum Gasteiger partial charge on any atom is -0.325 e. The molecule has 1 unspecified atom stereocenters. The summed E-state index contributed by atoms with van der Waals surface area (Å²) in [6.45, 7) is 2.12. The van der Waals surface area contributed by atoms with Crippen molar-refractivity contribution in [2.75, 3.05) is 17.6 Å². The predicted octanol–water partition coefficient (Wildman–Crippen LogP) is 1.27. The average molecular weight is 416 g/mol. The highest BCUT2D eigenvalue weighted by molar-refractivity contribution is 7.89. The Labute approximate surface area is 160 Å². The first kappa shape index (κ1) is 20.2. The van der Waals surface area contributed by atoms with Gasteiger partial charge in [0.2, 0.25) is 26.0 Å². The molecule has 27 heavy (non-hydrogen) atoms. The van der Waals surface area contributed by atoms with Gasteiger partial charge in [-0.3, -0.25) is 4.79 Å². The van der Waals surface area contributed by atoms with Crippen molar-refractivity contribution in [2.45, 2.75) is 56.0 Å². The summed E-state index contributed by atoms with van der Waals surface area (Å²) in [5, 5.41) is 2.67. The lowest BCUT2D eigenvalue weighted by atomic mass is 10.2. The van der Waals surface area contributed by atoms with Crippen LogP contribution in [0.5, 0.6) is 0 Å². The molecule has 3 rings (SSSR count). The van der Waals surface area contributed by atoms with Crippen LogP contribution in [0.25, 0.3) is 0 Å². The van der Waals surface area contributed by atoms with E-state index in [1.165, 1.54) is 16.4 Å². The summed E-state index contributed by atoms with van der Waals surface area (Å²) in [5.41, 5.74) is 0.332. The van der Waals surface area contributed by atoms with Gasteiger partial charge in [0, 0.05) is 18.3 Å². The van der Waals surface area contributed by atoms with Crippen LogP contribution in [0.2, 0.25) is 0 Å². The number of amides is 1. The average Bonchev–Trinajstić information content (AvgIpc) is 3.24. The number of hydrogen-bond acceptors (Lipinski definition) is 5. The molecule has 0 radical (unpaired) electrons. The van der Waals surface area contributed by atoms with Crippen LogP contribution in [0.3, 0.4) is 0 Å². The van der Waals surface area contributed by atoms with E-state index < -0.39 is 32.0 Å². The van der Waals surface area contributed by atoms with Gasteiger partial charge in [-0.05, 0) is 50.3 Å². The monoisotopic (exact) mass is 415 g/mol. The molecule has 10 heteroatoms. The smallest absolute Gasteiger partial charge is 0.242 e. The second kappa shape index (κ2) is 7.86. The van der Waals surface area contributed by atoms with E-state index in [1.54, 1.807) is 19.1 Å². The molecule has 8 nitrogen and oxygen atoms in total. The second-order valence-electron chi connectivity index (χ2n) is 7.00. The van der Waals surface area contributed by atoms with Crippen molar-refractivity contribution in [2.24, 2.45) is 0 Å². The lowest BCUT2D eigenvalue weighted by Crippen LogP contribution is -2.44. The highest BCUT2D eigenvalue weighted by Gasteiger charge is 2.38. The highest BCUT2D eigenvalue weighted by atomic mass is 32.2. The zero-order valence-corrected chi connectivity index (χ0v) is 16.9. The van der Waals surface area contributed by atoms with Gasteiger partial charge < -0.3 is 5.32 Å². The molecule has 1 aromatic rings. The van der Waals surface area contributed by atoms with Gasteiger partial charge >= 0.3 is 0 Å². The zero-order chi connectivity index (χ0) is 19.7. The molecule has 1 amide bonds. The molecular weight excluding hydrogens is 390 g/mol. The number of nitrogens with one attached hydrogen (secondary N) is 2. The third kappa shape index (κ3) is 4.87. The van der Waals surface area contributed by atoms with Crippen LogP contribution in [0.15, 0.2) is 29.2 Å². The van der Waals surface area contributed by atoms with Crippen molar-refractivity contribution >= 4 is 31.6 Å². The van der Waals surface area contributed by atoms with Crippen molar-refractivity contribution in [1.29, 1.82) is 0 Å².